The molecule has 0 spiro atoms. The Labute approximate surface area is 203 Å². The third-order valence-corrected chi connectivity index (χ3v) is 6.85. The number of anilines is 1. The van der Waals surface area contributed by atoms with Crippen molar-refractivity contribution in [3.63, 3.8) is 0 Å². The monoisotopic (exact) mass is 472 g/mol. The van der Waals surface area contributed by atoms with Gasteiger partial charge in [0.1, 0.15) is 28.6 Å². The van der Waals surface area contributed by atoms with Crippen LogP contribution >= 0.6 is 0 Å². The van der Waals surface area contributed by atoms with Crippen molar-refractivity contribution < 1.29 is 19.4 Å². The predicted octanol–water partition coefficient (Wildman–Crippen LogP) is 4.82. The van der Waals surface area contributed by atoms with Crippen LogP contribution in [0.3, 0.4) is 0 Å². The maximum Gasteiger partial charge on any atom is 0.341 e. The summed E-state index contributed by atoms with van der Waals surface area (Å²) in [6.45, 7) is 5.62. The SMILES string of the molecule is C=CC(=O)N1CCC([C@@H]2CCNc3c(C(=O)O)c(-c4ccc(Oc5ccccc5)cc4)nn32)CC1. The molecule has 1 fully saturated rings. The number of carbonyl (C=O) groups is 2. The van der Waals surface area contributed by atoms with Crippen LogP contribution in [-0.2, 0) is 4.79 Å². The van der Waals surface area contributed by atoms with E-state index in [1.165, 1.54) is 6.08 Å². The summed E-state index contributed by atoms with van der Waals surface area (Å²) in [7, 11) is 0. The van der Waals surface area contributed by atoms with Crippen molar-refractivity contribution in [1.82, 2.24) is 14.7 Å². The number of aromatic carboxylic acids is 1. The average Bonchev–Trinajstić information content (AvgIpc) is 3.29. The van der Waals surface area contributed by atoms with Gasteiger partial charge in [0.25, 0.3) is 0 Å². The highest BCUT2D eigenvalue weighted by Crippen LogP contribution is 2.40. The number of ether oxygens (including phenoxy) is 1. The molecule has 5 rings (SSSR count). The lowest BCUT2D eigenvalue weighted by Gasteiger charge is -2.38. The molecular weight excluding hydrogens is 444 g/mol. The minimum Gasteiger partial charge on any atom is -0.477 e. The average molecular weight is 473 g/mol. The molecule has 2 aromatic carbocycles. The molecule has 1 aromatic heterocycles. The molecule has 180 valence electrons. The van der Waals surface area contributed by atoms with E-state index in [-0.39, 0.29) is 17.5 Å². The molecule has 8 heteroatoms. The van der Waals surface area contributed by atoms with Gasteiger partial charge in [0.15, 0.2) is 0 Å². The summed E-state index contributed by atoms with van der Waals surface area (Å²) in [5, 5.41) is 18.2. The maximum absolute atomic E-state index is 12.3. The Balaban J connectivity index is 1.41. The first-order chi connectivity index (χ1) is 17.0. The number of piperidine rings is 1. The summed E-state index contributed by atoms with van der Waals surface area (Å²) in [6, 6.07) is 16.9. The van der Waals surface area contributed by atoms with Crippen molar-refractivity contribution >= 4 is 17.7 Å². The van der Waals surface area contributed by atoms with E-state index in [0.717, 1.165) is 30.6 Å². The van der Waals surface area contributed by atoms with E-state index in [1.807, 2.05) is 64.2 Å². The van der Waals surface area contributed by atoms with E-state index in [2.05, 4.69) is 11.9 Å². The first-order valence-corrected chi connectivity index (χ1v) is 11.9. The lowest BCUT2D eigenvalue weighted by Crippen LogP contribution is -2.41. The lowest BCUT2D eigenvalue weighted by molar-refractivity contribution is -0.127. The topological polar surface area (TPSA) is 96.7 Å². The van der Waals surface area contributed by atoms with Crippen molar-refractivity contribution in [2.24, 2.45) is 5.92 Å². The van der Waals surface area contributed by atoms with Gasteiger partial charge in [0.05, 0.1) is 6.04 Å². The van der Waals surface area contributed by atoms with E-state index in [0.29, 0.717) is 42.8 Å². The number of rotatable bonds is 6. The number of carboxylic acids is 1. The Kier molecular flexibility index (Phi) is 6.27. The Hall–Kier alpha value is -4.07. The van der Waals surface area contributed by atoms with Crippen molar-refractivity contribution in [3.8, 4) is 22.8 Å². The van der Waals surface area contributed by atoms with Gasteiger partial charge >= 0.3 is 5.97 Å². The van der Waals surface area contributed by atoms with Gasteiger partial charge in [-0.3, -0.25) is 4.79 Å². The molecule has 3 aromatic rings. The first kappa shape index (κ1) is 22.7. The second-order valence-corrected chi connectivity index (χ2v) is 8.91. The van der Waals surface area contributed by atoms with Crippen molar-refractivity contribution in [1.29, 1.82) is 0 Å². The largest absolute Gasteiger partial charge is 0.477 e. The van der Waals surface area contributed by atoms with Gasteiger partial charge in [-0.1, -0.05) is 24.8 Å². The standard InChI is InChI=1S/C27H28N4O4/c1-2-23(32)30-16-13-18(14-17-30)22-12-15-28-26-24(27(33)34)25(29-31(22)26)19-8-10-21(11-9-19)35-20-6-4-3-5-7-20/h2-11,18,22,28H,1,12-17H2,(H,33,34)/t22-/m0/s1. The van der Waals surface area contributed by atoms with Gasteiger partial charge in [0.2, 0.25) is 5.91 Å². The first-order valence-electron chi connectivity index (χ1n) is 11.9. The smallest absolute Gasteiger partial charge is 0.341 e. The quantitative estimate of drug-likeness (QED) is 0.499. The molecule has 1 amide bonds. The number of para-hydroxylation sites is 1. The van der Waals surface area contributed by atoms with Crippen LogP contribution in [0.5, 0.6) is 11.5 Å². The maximum atomic E-state index is 12.3. The summed E-state index contributed by atoms with van der Waals surface area (Å²) in [6.07, 6.45) is 3.93. The molecule has 1 atom stereocenters. The molecule has 2 aliphatic heterocycles. The fraction of sp³-hybridized carbons (Fsp3) is 0.296. The van der Waals surface area contributed by atoms with Gasteiger partial charge < -0.3 is 20.1 Å². The fourth-order valence-electron chi connectivity index (χ4n) is 5.08. The van der Waals surface area contributed by atoms with E-state index < -0.39 is 5.97 Å². The van der Waals surface area contributed by atoms with Crippen LogP contribution in [0.25, 0.3) is 11.3 Å². The Morgan fingerprint density at radius 3 is 2.37 bits per heavy atom. The molecule has 0 unspecified atom stereocenters. The normalized spacial score (nSPS) is 17.8. The third kappa shape index (κ3) is 4.51. The van der Waals surface area contributed by atoms with Gasteiger partial charge in [-0.2, -0.15) is 5.10 Å². The zero-order chi connectivity index (χ0) is 24.4. The number of likely N-dealkylation sites (tertiary alicyclic amines) is 1. The fourth-order valence-corrected chi connectivity index (χ4v) is 5.08. The van der Waals surface area contributed by atoms with Crippen LogP contribution < -0.4 is 10.1 Å². The van der Waals surface area contributed by atoms with E-state index in [1.54, 1.807) is 0 Å². The Morgan fingerprint density at radius 1 is 1.03 bits per heavy atom. The molecule has 8 nitrogen and oxygen atoms in total. The van der Waals surface area contributed by atoms with Gasteiger partial charge in [-0.25, -0.2) is 9.48 Å². The second-order valence-electron chi connectivity index (χ2n) is 8.91. The molecule has 0 aliphatic carbocycles. The van der Waals surface area contributed by atoms with Crippen LogP contribution in [0.4, 0.5) is 5.82 Å². The number of carbonyl (C=O) groups excluding carboxylic acids is 1. The zero-order valence-corrected chi connectivity index (χ0v) is 19.4. The molecule has 2 N–H and O–H groups in total. The lowest BCUT2D eigenvalue weighted by atomic mass is 9.87. The highest BCUT2D eigenvalue weighted by molar-refractivity contribution is 6.00. The number of aromatic nitrogens is 2. The number of benzene rings is 2. The molecule has 3 heterocycles. The van der Waals surface area contributed by atoms with E-state index in [4.69, 9.17) is 9.84 Å². The Morgan fingerprint density at radius 2 is 1.71 bits per heavy atom. The number of nitrogens with zero attached hydrogens (tertiary/aromatic N) is 3. The molecule has 35 heavy (non-hydrogen) atoms. The van der Waals surface area contributed by atoms with Crippen LogP contribution in [-0.4, -0.2) is 51.3 Å². The van der Waals surface area contributed by atoms with Gasteiger partial charge in [0, 0.05) is 25.2 Å². The number of amides is 1. The van der Waals surface area contributed by atoms with Crippen molar-refractivity contribution in [2.45, 2.75) is 25.3 Å². The van der Waals surface area contributed by atoms with Crippen molar-refractivity contribution in [3.05, 3.63) is 72.8 Å². The number of nitrogens with one attached hydrogen (secondary N) is 1. The minimum atomic E-state index is -1.01. The highest BCUT2D eigenvalue weighted by Gasteiger charge is 2.36. The second kappa shape index (κ2) is 9.66. The van der Waals surface area contributed by atoms with Crippen molar-refractivity contribution in [2.75, 3.05) is 25.0 Å². The molecule has 0 radical (unpaired) electrons. The highest BCUT2D eigenvalue weighted by atomic mass is 16.5. The summed E-state index contributed by atoms with van der Waals surface area (Å²) in [4.78, 5) is 26.1. The van der Waals surface area contributed by atoms with Gasteiger partial charge in [-0.05, 0) is 67.7 Å². The number of fused-ring (bicyclic) bond motifs is 1. The van der Waals surface area contributed by atoms with Gasteiger partial charge in [-0.15, -0.1) is 0 Å². The third-order valence-electron chi connectivity index (χ3n) is 6.85. The molecule has 1 saturated heterocycles. The van der Waals surface area contributed by atoms with Crippen LogP contribution in [0.2, 0.25) is 0 Å². The zero-order valence-electron chi connectivity index (χ0n) is 19.4. The Bertz CT molecular complexity index is 1230. The van der Waals surface area contributed by atoms with E-state index in [9.17, 15) is 14.7 Å². The number of carboxylic acid groups (broad SMARTS) is 1. The molecule has 0 saturated carbocycles. The summed E-state index contributed by atoms with van der Waals surface area (Å²) >= 11 is 0. The number of hydrogen-bond acceptors (Lipinski definition) is 5. The van der Waals surface area contributed by atoms with Crippen LogP contribution in [0.15, 0.2) is 67.3 Å². The number of hydrogen-bond donors (Lipinski definition) is 2. The summed E-state index contributed by atoms with van der Waals surface area (Å²) in [5.74, 6) is 1.22. The minimum absolute atomic E-state index is 0.0383. The molecule has 2 aliphatic rings. The summed E-state index contributed by atoms with van der Waals surface area (Å²) in [5.41, 5.74) is 1.35. The molecular formula is C27H28N4O4. The van der Waals surface area contributed by atoms with Crippen LogP contribution in [0, 0.1) is 5.92 Å². The predicted molar refractivity (Wildman–Crippen MR) is 133 cm³/mol. The van der Waals surface area contributed by atoms with Crippen LogP contribution in [0.1, 0.15) is 35.7 Å². The van der Waals surface area contributed by atoms with E-state index >= 15 is 0 Å². The summed E-state index contributed by atoms with van der Waals surface area (Å²) < 4.78 is 7.74. The molecule has 0 bridgehead atoms.